The number of aryl methyl sites for hydroxylation is 1. The molecule has 0 radical (unpaired) electrons. The second-order valence-corrected chi connectivity index (χ2v) is 6.78. The van der Waals surface area contributed by atoms with Crippen LogP contribution in [0.3, 0.4) is 0 Å². The number of carbonyl (C=O) groups is 1. The Labute approximate surface area is 149 Å². The van der Waals surface area contributed by atoms with Gasteiger partial charge < -0.3 is 19.5 Å². The van der Waals surface area contributed by atoms with E-state index in [1.54, 1.807) is 6.92 Å². The molecule has 7 nitrogen and oxygen atoms in total. The first-order chi connectivity index (χ1) is 11.8. The van der Waals surface area contributed by atoms with E-state index in [9.17, 15) is 4.79 Å². The van der Waals surface area contributed by atoms with Crippen LogP contribution >= 0.6 is 0 Å². The second kappa shape index (κ2) is 8.62. The molecule has 0 aliphatic heterocycles. The molecule has 1 N–H and O–H groups in total. The number of carbonyl (C=O) groups excluding carboxylic acids is 1. The van der Waals surface area contributed by atoms with Crippen LogP contribution in [-0.4, -0.2) is 59.8 Å². The van der Waals surface area contributed by atoms with Gasteiger partial charge in [0.15, 0.2) is 0 Å². The Hall–Kier alpha value is -2.41. The standard InChI is InChI=1S/C18H27N5O2/c1-13(2)12-23(11-10-22(4)5)18(24)19-16-8-6-15(7-9-16)17-21-20-14(3)25-17/h6-9,13H,10-12H2,1-5H3,(H,19,24). The molecule has 25 heavy (non-hydrogen) atoms. The average Bonchev–Trinajstić information content (AvgIpc) is 2.98. The molecule has 2 aromatic rings. The number of likely N-dealkylation sites (N-methyl/N-ethyl adjacent to an activating group) is 1. The maximum absolute atomic E-state index is 12.6. The summed E-state index contributed by atoms with van der Waals surface area (Å²) in [4.78, 5) is 16.5. The largest absolute Gasteiger partial charge is 0.421 e. The highest BCUT2D eigenvalue weighted by Gasteiger charge is 2.15. The van der Waals surface area contributed by atoms with E-state index in [0.29, 0.717) is 24.2 Å². The van der Waals surface area contributed by atoms with Crippen LogP contribution in [0.25, 0.3) is 11.5 Å². The van der Waals surface area contributed by atoms with E-state index >= 15 is 0 Å². The predicted molar refractivity (Wildman–Crippen MR) is 98.5 cm³/mol. The lowest BCUT2D eigenvalue weighted by molar-refractivity contribution is 0.197. The molecule has 2 rings (SSSR count). The van der Waals surface area contributed by atoms with Gasteiger partial charge in [-0.25, -0.2) is 4.79 Å². The Morgan fingerprint density at radius 3 is 2.36 bits per heavy atom. The van der Waals surface area contributed by atoms with Crippen LogP contribution in [0.15, 0.2) is 28.7 Å². The van der Waals surface area contributed by atoms with Crippen molar-refractivity contribution in [3.05, 3.63) is 30.2 Å². The first-order valence-corrected chi connectivity index (χ1v) is 8.46. The number of hydrogen-bond donors (Lipinski definition) is 1. The van der Waals surface area contributed by atoms with Crippen LogP contribution in [0, 0.1) is 12.8 Å². The zero-order valence-corrected chi connectivity index (χ0v) is 15.6. The maximum atomic E-state index is 12.6. The molecule has 0 aliphatic carbocycles. The molecule has 0 saturated carbocycles. The molecule has 0 spiro atoms. The fourth-order valence-corrected chi connectivity index (χ4v) is 2.35. The number of benzene rings is 1. The number of amides is 2. The summed E-state index contributed by atoms with van der Waals surface area (Å²) in [6.07, 6.45) is 0. The van der Waals surface area contributed by atoms with Gasteiger partial charge in [0.2, 0.25) is 11.8 Å². The van der Waals surface area contributed by atoms with Crippen molar-refractivity contribution in [3.8, 4) is 11.5 Å². The molecule has 0 fully saturated rings. The molecule has 0 aliphatic rings. The number of rotatable bonds is 7. The Kier molecular flexibility index (Phi) is 6.52. The summed E-state index contributed by atoms with van der Waals surface area (Å²) in [6, 6.07) is 7.31. The molecule has 0 saturated heterocycles. The third-order valence-corrected chi connectivity index (χ3v) is 3.60. The first-order valence-electron chi connectivity index (χ1n) is 8.46. The molecule has 0 unspecified atom stereocenters. The lowest BCUT2D eigenvalue weighted by Crippen LogP contribution is -2.41. The van der Waals surface area contributed by atoms with Gasteiger partial charge in [0.25, 0.3) is 0 Å². The number of anilines is 1. The van der Waals surface area contributed by atoms with Gasteiger partial charge in [0, 0.05) is 37.8 Å². The quantitative estimate of drug-likeness (QED) is 0.834. The van der Waals surface area contributed by atoms with E-state index in [0.717, 1.165) is 24.3 Å². The summed E-state index contributed by atoms with van der Waals surface area (Å²) >= 11 is 0. The van der Waals surface area contributed by atoms with Crippen LogP contribution in [0.4, 0.5) is 10.5 Å². The molecular formula is C18H27N5O2. The molecule has 1 aromatic heterocycles. The number of nitrogens with one attached hydrogen (secondary N) is 1. The van der Waals surface area contributed by atoms with Gasteiger partial charge in [-0.15, -0.1) is 10.2 Å². The normalized spacial score (nSPS) is 11.2. The van der Waals surface area contributed by atoms with Crippen LogP contribution in [0.5, 0.6) is 0 Å². The summed E-state index contributed by atoms with van der Waals surface area (Å²) in [6.45, 7) is 8.21. The third-order valence-electron chi connectivity index (χ3n) is 3.60. The van der Waals surface area contributed by atoms with E-state index in [4.69, 9.17) is 4.42 Å². The zero-order chi connectivity index (χ0) is 18.4. The van der Waals surface area contributed by atoms with E-state index < -0.39 is 0 Å². The van der Waals surface area contributed by atoms with Crippen molar-refractivity contribution in [1.82, 2.24) is 20.0 Å². The molecule has 0 atom stereocenters. The summed E-state index contributed by atoms with van der Waals surface area (Å²) in [5.74, 6) is 1.41. The number of hydrogen-bond acceptors (Lipinski definition) is 5. The minimum Gasteiger partial charge on any atom is -0.421 e. The first kappa shape index (κ1) is 18.9. The van der Waals surface area contributed by atoms with Gasteiger partial charge in [-0.3, -0.25) is 0 Å². The minimum atomic E-state index is -0.0862. The summed E-state index contributed by atoms with van der Waals surface area (Å²) in [7, 11) is 4.01. The Balaban J connectivity index is 2.01. The number of aromatic nitrogens is 2. The second-order valence-electron chi connectivity index (χ2n) is 6.78. The molecule has 1 heterocycles. The topological polar surface area (TPSA) is 74.5 Å². The zero-order valence-electron chi connectivity index (χ0n) is 15.6. The molecule has 1 aromatic carbocycles. The van der Waals surface area contributed by atoms with Gasteiger partial charge in [-0.05, 0) is 44.3 Å². The molecule has 2 amide bonds. The van der Waals surface area contributed by atoms with Gasteiger partial charge >= 0.3 is 6.03 Å². The SMILES string of the molecule is Cc1nnc(-c2ccc(NC(=O)N(CCN(C)C)CC(C)C)cc2)o1. The summed E-state index contributed by atoms with van der Waals surface area (Å²) < 4.78 is 5.40. The fraction of sp³-hybridized carbons (Fsp3) is 0.500. The van der Waals surface area contributed by atoms with Crippen LogP contribution in [0.1, 0.15) is 19.7 Å². The van der Waals surface area contributed by atoms with Crippen molar-refractivity contribution >= 4 is 11.7 Å². The van der Waals surface area contributed by atoms with Crippen molar-refractivity contribution < 1.29 is 9.21 Å². The van der Waals surface area contributed by atoms with Crippen molar-refractivity contribution in [2.75, 3.05) is 39.0 Å². The Morgan fingerprint density at radius 1 is 1.16 bits per heavy atom. The van der Waals surface area contributed by atoms with E-state index in [1.165, 1.54) is 0 Å². The van der Waals surface area contributed by atoms with Crippen molar-refractivity contribution in [1.29, 1.82) is 0 Å². The van der Waals surface area contributed by atoms with Gasteiger partial charge in [0.05, 0.1) is 0 Å². The molecule has 0 bridgehead atoms. The molecular weight excluding hydrogens is 318 g/mol. The fourth-order valence-electron chi connectivity index (χ4n) is 2.35. The lowest BCUT2D eigenvalue weighted by atomic mass is 10.2. The highest BCUT2D eigenvalue weighted by molar-refractivity contribution is 5.89. The van der Waals surface area contributed by atoms with E-state index in [2.05, 4.69) is 34.3 Å². The van der Waals surface area contributed by atoms with E-state index in [-0.39, 0.29) is 6.03 Å². The van der Waals surface area contributed by atoms with Crippen LogP contribution in [-0.2, 0) is 0 Å². The van der Waals surface area contributed by atoms with Gasteiger partial charge in [-0.2, -0.15) is 0 Å². The highest BCUT2D eigenvalue weighted by atomic mass is 16.4. The van der Waals surface area contributed by atoms with Crippen molar-refractivity contribution in [3.63, 3.8) is 0 Å². The van der Waals surface area contributed by atoms with Crippen molar-refractivity contribution in [2.24, 2.45) is 5.92 Å². The number of nitrogens with zero attached hydrogens (tertiary/aromatic N) is 4. The van der Waals surface area contributed by atoms with Crippen molar-refractivity contribution in [2.45, 2.75) is 20.8 Å². The highest BCUT2D eigenvalue weighted by Crippen LogP contribution is 2.20. The Bertz CT molecular complexity index is 679. The monoisotopic (exact) mass is 345 g/mol. The van der Waals surface area contributed by atoms with Crippen LogP contribution < -0.4 is 5.32 Å². The maximum Gasteiger partial charge on any atom is 0.321 e. The van der Waals surface area contributed by atoms with Gasteiger partial charge in [0.1, 0.15) is 0 Å². The Morgan fingerprint density at radius 2 is 1.84 bits per heavy atom. The summed E-state index contributed by atoms with van der Waals surface area (Å²) in [5.41, 5.74) is 1.56. The smallest absolute Gasteiger partial charge is 0.321 e. The molecule has 7 heteroatoms. The molecule has 136 valence electrons. The van der Waals surface area contributed by atoms with E-state index in [1.807, 2.05) is 43.3 Å². The predicted octanol–water partition coefficient (Wildman–Crippen LogP) is 3.10. The average molecular weight is 345 g/mol. The minimum absolute atomic E-state index is 0.0862. The lowest BCUT2D eigenvalue weighted by Gasteiger charge is -2.26. The number of urea groups is 1. The van der Waals surface area contributed by atoms with Gasteiger partial charge in [-0.1, -0.05) is 13.8 Å². The summed E-state index contributed by atoms with van der Waals surface area (Å²) in [5, 5.41) is 10.8. The third kappa shape index (κ3) is 5.86. The van der Waals surface area contributed by atoms with Crippen LogP contribution in [0.2, 0.25) is 0 Å².